The summed E-state index contributed by atoms with van der Waals surface area (Å²) < 4.78 is 0. The fourth-order valence-electron chi connectivity index (χ4n) is 2.56. The Kier molecular flexibility index (Phi) is 3.46. The van der Waals surface area contributed by atoms with Gasteiger partial charge in [0.2, 0.25) is 0 Å². The summed E-state index contributed by atoms with van der Waals surface area (Å²) in [5.74, 6) is 0.693. The largest absolute Gasteiger partial charge is 0.384 e. The van der Waals surface area contributed by atoms with Crippen molar-refractivity contribution in [3.05, 3.63) is 41.8 Å². The van der Waals surface area contributed by atoms with Crippen molar-refractivity contribution >= 4 is 5.69 Å². The van der Waals surface area contributed by atoms with Gasteiger partial charge in [0.1, 0.15) is 12.5 Å². The number of rotatable bonds is 4. The minimum Gasteiger partial charge on any atom is -0.384 e. The molecule has 3 rings (SSSR count). The molecule has 2 heterocycles. The van der Waals surface area contributed by atoms with Crippen molar-refractivity contribution < 1.29 is 0 Å². The number of nitrogens with two attached hydrogens (primary N) is 1. The summed E-state index contributed by atoms with van der Waals surface area (Å²) in [5, 5.41) is 4.98. The molecule has 5 nitrogen and oxygen atoms in total. The predicted molar refractivity (Wildman–Crippen MR) is 76.7 cm³/mol. The third kappa shape index (κ3) is 3.12. The summed E-state index contributed by atoms with van der Waals surface area (Å²) in [6.45, 7) is 4.24. The molecule has 1 saturated heterocycles. The van der Waals surface area contributed by atoms with Crippen LogP contribution in [0, 0.1) is 0 Å². The average molecular weight is 259 g/mol. The van der Waals surface area contributed by atoms with Gasteiger partial charge in [-0.25, -0.2) is 0 Å². The molecule has 0 radical (unpaired) electrons. The lowest BCUT2D eigenvalue weighted by atomic mass is 10.2. The van der Waals surface area contributed by atoms with Gasteiger partial charge in [0.15, 0.2) is 0 Å². The zero-order valence-corrected chi connectivity index (χ0v) is 11.1. The van der Waals surface area contributed by atoms with Crippen LogP contribution >= 0.6 is 0 Å². The maximum Gasteiger partial charge on any atom is 0.116 e. The zero-order valence-electron chi connectivity index (χ0n) is 11.1. The van der Waals surface area contributed by atoms with Crippen molar-refractivity contribution in [1.29, 1.82) is 0 Å². The van der Waals surface area contributed by atoms with E-state index in [2.05, 4.69) is 39.9 Å². The molecule has 0 atom stereocenters. The molecular weight excluding hydrogens is 238 g/mol. The molecule has 2 aliphatic rings. The minimum absolute atomic E-state index is 0.693. The highest BCUT2D eigenvalue weighted by Gasteiger charge is 2.12. The van der Waals surface area contributed by atoms with Crippen LogP contribution in [0.25, 0.3) is 0 Å². The van der Waals surface area contributed by atoms with Gasteiger partial charge in [0.25, 0.3) is 0 Å². The van der Waals surface area contributed by atoms with E-state index in [0.717, 1.165) is 12.2 Å². The molecule has 1 aromatic rings. The zero-order chi connectivity index (χ0) is 13.1. The van der Waals surface area contributed by atoms with E-state index < -0.39 is 0 Å². The van der Waals surface area contributed by atoms with Crippen molar-refractivity contribution in [2.75, 3.05) is 25.2 Å². The quantitative estimate of drug-likeness (QED) is 0.759. The van der Waals surface area contributed by atoms with Crippen LogP contribution in [0.3, 0.4) is 0 Å². The number of benzene rings is 1. The monoisotopic (exact) mass is 259 g/mol. The van der Waals surface area contributed by atoms with E-state index in [4.69, 9.17) is 5.73 Å². The Labute approximate surface area is 114 Å². The third-order valence-corrected chi connectivity index (χ3v) is 3.58. The van der Waals surface area contributed by atoms with Crippen LogP contribution in [-0.2, 0) is 6.54 Å². The molecule has 0 saturated carbocycles. The standard InChI is InChI=1S/C14H21N5/c15-14-10-19(11-16-14)17-13-5-3-12(4-6-13)9-18-7-1-2-8-18/h3-6,10,16-17H,1-2,7-9,11,15H2. The molecule has 0 spiro atoms. The molecule has 2 aliphatic heterocycles. The first-order valence-electron chi connectivity index (χ1n) is 6.85. The number of likely N-dealkylation sites (tertiary alicyclic amines) is 1. The summed E-state index contributed by atoms with van der Waals surface area (Å²) in [5.41, 5.74) is 11.4. The molecular formula is C14H21N5. The van der Waals surface area contributed by atoms with Gasteiger partial charge in [0.05, 0.1) is 11.9 Å². The van der Waals surface area contributed by atoms with E-state index in [9.17, 15) is 0 Å². The predicted octanol–water partition coefficient (Wildman–Crippen LogP) is 1.23. The molecule has 19 heavy (non-hydrogen) atoms. The van der Waals surface area contributed by atoms with Gasteiger partial charge in [-0.15, -0.1) is 0 Å². The number of nitrogens with zero attached hydrogens (tertiary/aromatic N) is 2. The molecule has 1 fully saturated rings. The Morgan fingerprint density at radius 2 is 1.89 bits per heavy atom. The van der Waals surface area contributed by atoms with Crippen molar-refractivity contribution in [3.63, 3.8) is 0 Å². The van der Waals surface area contributed by atoms with Crippen molar-refractivity contribution in [1.82, 2.24) is 15.2 Å². The molecule has 5 heteroatoms. The summed E-state index contributed by atoms with van der Waals surface area (Å²) in [6.07, 6.45) is 4.54. The lowest BCUT2D eigenvalue weighted by molar-refractivity contribution is 0.331. The van der Waals surface area contributed by atoms with Gasteiger partial charge in [-0.1, -0.05) is 12.1 Å². The minimum atomic E-state index is 0.693. The maximum absolute atomic E-state index is 5.66. The molecule has 0 amide bonds. The average Bonchev–Trinajstić information content (AvgIpc) is 3.04. The second-order valence-corrected chi connectivity index (χ2v) is 5.18. The van der Waals surface area contributed by atoms with Crippen LogP contribution in [0.2, 0.25) is 0 Å². The smallest absolute Gasteiger partial charge is 0.116 e. The fraction of sp³-hybridized carbons (Fsp3) is 0.429. The Morgan fingerprint density at radius 1 is 1.16 bits per heavy atom. The highest BCUT2D eigenvalue weighted by molar-refractivity contribution is 5.44. The van der Waals surface area contributed by atoms with E-state index in [1.807, 2.05) is 11.2 Å². The van der Waals surface area contributed by atoms with Crippen molar-refractivity contribution in [2.24, 2.45) is 5.73 Å². The Hall–Kier alpha value is -1.88. The second kappa shape index (κ2) is 5.40. The summed E-state index contributed by atoms with van der Waals surface area (Å²) in [7, 11) is 0. The van der Waals surface area contributed by atoms with E-state index in [-0.39, 0.29) is 0 Å². The van der Waals surface area contributed by atoms with Crippen LogP contribution in [0.15, 0.2) is 36.3 Å². The first-order chi connectivity index (χ1) is 9.29. The van der Waals surface area contributed by atoms with Crippen LogP contribution in [0.1, 0.15) is 18.4 Å². The SMILES string of the molecule is NC1=CN(Nc2ccc(CN3CCCC3)cc2)CN1. The van der Waals surface area contributed by atoms with Crippen LogP contribution in [0.5, 0.6) is 0 Å². The molecule has 0 aromatic heterocycles. The molecule has 1 aromatic carbocycles. The van der Waals surface area contributed by atoms with E-state index in [1.165, 1.54) is 31.5 Å². The normalized spacial score (nSPS) is 19.4. The van der Waals surface area contributed by atoms with Gasteiger partial charge >= 0.3 is 0 Å². The highest BCUT2D eigenvalue weighted by Crippen LogP contribution is 2.16. The summed E-state index contributed by atoms with van der Waals surface area (Å²) >= 11 is 0. The van der Waals surface area contributed by atoms with Crippen LogP contribution in [0.4, 0.5) is 5.69 Å². The Morgan fingerprint density at radius 3 is 2.53 bits per heavy atom. The van der Waals surface area contributed by atoms with Gasteiger partial charge in [-0.3, -0.25) is 15.3 Å². The topological polar surface area (TPSA) is 56.6 Å². The summed E-state index contributed by atoms with van der Waals surface area (Å²) in [4.78, 5) is 2.51. The van der Waals surface area contributed by atoms with Gasteiger partial charge < -0.3 is 11.1 Å². The number of hydrogen-bond acceptors (Lipinski definition) is 5. The molecule has 0 unspecified atom stereocenters. The van der Waals surface area contributed by atoms with Crippen molar-refractivity contribution in [2.45, 2.75) is 19.4 Å². The van der Waals surface area contributed by atoms with Gasteiger partial charge in [0, 0.05) is 6.54 Å². The van der Waals surface area contributed by atoms with Gasteiger partial charge in [-0.05, 0) is 43.6 Å². The first kappa shape index (κ1) is 12.2. The van der Waals surface area contributed by atoms with Crippen LogP contribution in [-0.4, -0.2) is 29.7 Å². The fourth-order valence-corrected chi connectivity index (χ4v) is 2.56. The van der Waals surface area contributed by atoms with E-state index in [0.29, 0.717) is 12.5 Å². The van der Waals surface area contributed by atoms with E-state index >= 15 is 0 Å². The van der Waals surface area contributed by atoms with E-state index in [1.54, 1.807) is 0 Å². The van der Waals surface area contributed by atoms with Gasteiger partial charge in [-0.2, -0.15) is 0 Å². The molecule has 4 N–H and O–H groups in total. The molecule has 0 bridgehead atoms. The maximum atomic E-state index is 5.66. The Balaban J connectivity index is 1.56. The lowest BCUT2D eigenvalue weighted by Crippen LogP contribution is -2.27. The second-order valence-electron chi connectivity index (χ2n) is 5.18. The number of hydrazine groups is 1. The number of hydrogen-bond donors (Lipinski definition) is 3. The third-order valence-electron chi connectivity index (χ3n) is 3.58. The Bertz CT molecular complexity index is 447. The lowest BCUT2D eigenvalue weighted by Gasteiger charge is -2.18. The summed E-state index contributed by atoms with van der Waals surface area (Å²) in [6, 6.07) is 8.62. The number of nitrogens with one attached hydrogen (secondary N) is 2. The highest BCUT2D eigenvalue weighted by atomic mass is 15.6. The first-order valence-corrected chi connectivity index (χ1v) is 6.85. The van der Waals surface area contributed by atoms with Crippen molar-refractivity contribution in [3.8, 4) is 0 Å². The number of anilines is 1. The molecule has 102 valence electrons. The van der Waals surface area contributed by atoms with Crippen LogP contribution < -0.4 is 16.5 Å². The molecule has 0 aliphatic carbocycles.